The van der Waals surface area contributed by atoms with E-state index in [2.05, 4.69) is 40.5 Å². The molecule has 2 rings (SSSR count). The number of nitrogens with one attached hydrogen (secondary N) is 1. The fraction of sp³-hybridized carbons (Fsp3) is 0.333. The number of likely N-dealkylation sites (N-methyl/N-ethyl adjacent to an activating group) is 1. The van der Waals surface area contributed by atoms with E-state index in [0.717, 1.165) is 6.42 Å². The highest BCUT2D eigenvalue weighted by Crippen LogP contribution is 2.26. The summed E-state index contributed by atoms with van der Waals surface area (Å²) in [5, 5.41) is 9.94. The van der Waals surface area contributed by atoms with E-state index in [0.29, 0.717) is 6.04 Å². The zero-order valence-electron chi connectivity index (χ0n) is 8.99. The van der Waals surface area contributed by atoms with Crippen molar-refractivity contribution in [1.29, 1.82) is 0 Å². The molecule has 1 N–H and O–H groups in total. The van der Waals surface area contributed by atoms with Gasteiger partial charge in [0.2, 0.25) is 0 Å². The maximum atomic E-state index is 3.40. The lowest BCUT2D eigenvalue weighted by Gasteiger charge is -2.14. The summed E-state index contributed by atoms with van der Waals surface area (Å²) in [5.41, 5.74) is 2.82. The largest absolute Gasteiger partial charge is 0.312 e. The van der Waals surface area contributed by atoms with Gasteiger partial charge in [-0.05, 0) is 59.8 Å². The quantitative estimate of drug-likeness (QED) is 0.856. The molecule has 2 aromatic heterocycles. The van der Waals surface area contributed by atoms with Gasteiger partial charge in [-0.2, -0.15) is 11.3 Å². The van der Waals surface area contributed by atoms with Gasteiger partial charge in [-0.15, -0.1) is 11.3 Å². The van der Waals surface area contributed by atoms with E-state index in [9.17, 15) is 0 Å². The van der Waals surface area contributed by atoms with Crippen molar-refractivity contribution >= 4 is 22.7 Å². The predicted octanol–water partition coefficient (Wildman–Crippen LogP) is 3.62. The zero-order chi connectivity index (χ0) is 10.7. The van der Waals surface area contributed by atoms with Gasteiger partial charge in [-0.25, -0.2) is 0 Å². The van der Waals surface area contributed by atoms with Crippen molar-refractivity contribution in [1.82, 2.24) is 5.32 Å². The highest BCUT2D eigenvalue weighted by atomic mass is 32.1. The van der Waals surface area contributed by atoms with Crippen LogP contribution in [-0.2, 0) is 6.42 Å². The van der Waals surface area contributed by atoms with Crippen molar-refractivity contribution in [3.05, 3.63) is 44.3 Å². The first-order valence-corrected chi connectivity index (χ1v) is 6.86. The Bertz CT molecular complexity index is 403. The molecule has 3 heteroatoms. The third-order valence-corrected chi connectivity index (χ3v) is 4.45. The molecule has 0 aromatic carbocycles. The number of aryl methyl sites for hydroxylation is 1. The summed E-state index contributed by atoms with van der Waals surface area (Å²) < 4.78 is 0. The first kappa shape index (κ1) is 10.9. The van der Waals surface area contributed by atoms with Gasteiger partial charge in [0, 0.05) is 10.9 Å². The average molecular weight is 237 g/mol. The fourth-order valence-corrected chi connectivity index (χ4v) is 3.43. The molecular formula is C12H15NS2. The van der Waals surface area contributed by atoms with Crippen LogP contribution in [-0.4, -0.2) is 7.05 Å². The molecule has 0 saturated heterocycles. The van der Waals surface area contributed by atoms with Crippen LogP contribution in [0.25, 0.3) is 0 Å². The Morgan fingerprint density at radius 1 is 1.33 bits per heavy atom. The minimum atomic E-state index is 0.458. The number of rotatable bonds is 4. The van der Waals surface area contributed by atoms with Gasteiger partial charge in [0.1, 0.15) is 0 Å². The van der Waals surface area contributed by atoms with Gasteiger partial charge in [0.05, 0.1) is 0 Å². The summed E-state index contributed by atoms with van der Waals surface area (Å²) in [4.78, 5) is 1.46. The van der Waals surface area contributed by atoms with Gasteiger partial charge >= 0.3 is 0 Å². The first-order valence-electron chi connectivity index (χ1n) is 5.03. The zero-order valence-corrected chi connectivity index (χ0v) is 10.6. The monoisotopic (exact) mass is 237 g/mol. The summed E-state index contributed by atoms with van der Waals surface area (Å²) in [6, 6.07) is 4.86. The molecule has 0 spiro atoms. The molecule has 15 heavy (non-hydrogen) atoms. The number of hydrogen-bond donors (Lipinski definition) is 1. The maximum Gasteiger partial charge on any atom is 0.0456 e. The Hall–Kier alpha value is -0.640. The van der Waals surface area contributed by atoms with Crippen LogP contribution in [0, 0.1) is 6.92 Å². The highest BCUT2D eigenvalue weighted by molar-refractivity contribution is 7.10. The van der Waals surface area contributed by atoms with E-state index in [1.54, 1.807) is 11.3 Å². The Kier molecular flexibility index (Phi) is 3.57. The second-order valence-corrected chi connectivity index (χ2v) is 5.37. The van der Waals surface area contributed by atoms with Crippen molar-refractivity contribution in [2.75, 3.05) is 7.05 Å². The van der Waals surface area contributed by atoms with E-state index in [4.69, 9.17) is 0 Å². The lowest BCUT2D eigenvalue weighted by atomic mass is 10.1. The molecule has 0 aliphatic heterocycles. The second-order valence-electron chi connectivity index (χ2n) is 3.64. The van der Waals surface area contributed by atoms with Crippen LogP contribution in [0.1, 0.15) is 22.0 Å². The minimum absolute atomic E-state index is 0.458. The summed E-state index contributed by atoms with van der Waals surface area (Å²) in [7, 11) is 2.04. The Morgan fingerprint density at radius 3 is 2.73 bits per heavy atom. The molecule has 0 saturated carbocycles. The van der Waals surface area contributed by atoms with E-state index in [1.807, 2.05) is 18.4 Å². The van der Waals surface area contributed by atoms with Crippen LogP contribution >= 0.6 is 22.7 Å². The fourth-order valence-electron chi connectivity index (χ4n) is 1.71. The molecule has 0 bridgehead atoms. The second kappa shape index (κ2) is 4.92. The van der Waals surface area contributed by atoms with Crippen molar-refractivity contribution in [3.63, 3.8) is 0 Å². The van der Waals surface area contributed by atoms with Crippen molar-refractivity contribution in [3.8, 4) is 0 Å². The molecule has 80 valence electrons. The topological polar surface area (TPSA) is 12.0 Å². The van der Waals surface area contributed by atoms with Crippen molar-refractivity contribution in [2.24, 2.45) is 0 Å². The van der Waals surface area contributed by atoms with Crippen LogP contribution in [0.5, 0.6) is 0 Å². The summed E-state index contributed by atoms with van der Waals surface area (Å²) in [6.45, 7) is 2.18. The number of hydrogen-bond acceptors (Lipinski definition) is 3. The van der Waals surface area contributed by atoms with Crippen molar-refractivity contribution < 1.29 is 0 Å². The van der Waals surface area contributed by atoms with Gasteiger partial charge < -0.3 is 5.32 Å². The molecule has 0 radical (unpaired) electrons. The van der Waals surface area contributed by atoms with Gasteiger partial charge in [0.15, 0.2) is 0 Å². The molecule has 1 atom stereocenters. The first-order chi connectivity index (χ1) is 7.31. The Balaban J connectivity index is 2.15. The normalized spacial score (nSPS) is 12.9. The van der Waals surface area contributed by atoms with Gasteiger partial charge in [-0.3, -0.25) is 0 Å². The summed E-state index contributed by atoms with van der Waals surface area (Å²) in [6.07, 6.45) is 1.08. The molecule has 2 heterocycles. The van der Waals surface area contributed by atoms with Crippen molar-refractivity contribution in [2.45, 2.75) is 19.4 Å². The average Bonchev–Trinajstić information content (AvgIpc) is 2.85. The van der Waals surface area contributed by atoms with E-state index >= 15 is 0 Å². The summed E-state index contributed by atoms with van der Waals surface area (Å²) >= 11 is 3.61. The molecule has 2 aromatic rings. The Morgan fingerprint density at radius 2 is 2.20 bits per heavy atom. The molecular weight excluding hydrogens is 222 g/mol. The lowest BCUT2D eigenvalue weighted by molar-refractivity contribution is 0.600. The van der Waals surface area contributed by atoms with Crippen LogP contribution in [0.2, 0.25) is 0 Å². The Labute approximate surface area is 98.8 Å². The molecule has 1 nitrogen and oxygen atoms in total. The van der Waals surface area contributed by atoms with Crippen LogP contribution in [0.3, 0.4) is 0 Å². The maximum absolute atomic E-state index is 3.40. The van der Waals surface area contributed by atoms with E-state index in [1.165, 1.54) is 16.0 Å². The standard InChI is InChI=1S/C12H15NS2/c1-9-3-6-15-12(9)11(13-2)7-10-4-5-14-8-10/h3-6,8,11,13H,7H2,1-2H3. The minimum Gasteiger partial charge on any atom is -0.312 e. The van der Waals surface area contributed by atoms with E-state index < -0.39 is 0 Å². The predicted molar refractivity (Wildman–Crippen MR) is 68.9 cm³/mol. The molecule has 0 aliphatic carbocycles. The lowest BCUT2D eigenvalue weighted by Crippen LogP contribution is -2.18. The van der Waals surface area contributed by atoms with Gasteiger partial charge in [0.25, 0.3) is 0 Å². The molecule has 0 amide bonds. The summed E-state index contributed by atoms with van der Waals surface area (Å²) in [5.74, 6) is 0. The molecule has 0 aliphatic rings. The SMILES string of the molecule is CNC(Cc1ccsc1)c1sccc1C. The number of thiophene rings is 2. The molecule has 1 unspecified atom stereocenters. The third-order valence-electron chi connectivity index (χ3n) is 2.59. The molecule has 0 fully saturated rings. The van der Waals surface area contributed by atoms with Crippen LogP contribution in [0.15, 0.2) is 28.3 Å². The van der Waals surface area contributed by atoms with Crippen LogP contribution in [0.4, 0.5) is 0 Å². The smallest absolute Gasteiger partial charge is 0.0456 e. The van der Waals surface area contributed by atoms with Gasteiger partial charge in [-0.1, -0.05) is 0 Å². The van der Waals surface area contributed by atoms with E-state index in [-0.39, 0.29) is 0 Å². The third kappa shape index (κ3) is 2.48. The van der Waals surface area contributed by atoms with Crippen LogP contribution < -0.4 is 5.32 Å². The highest BCUT2D eigenvalue weighted by Gasteiger charge is 2.13.